The Bertz CT molecular complexity index is 779. The summed E-state index contributed by atoms with van der Waals surface area (Å²) in [4.78, 5) is 34.5. The predicted molar refractivity (Wildman–Crippen MR) is 89.3 cm³/mol. The number of carbonyl (C=O) groups is 3. The fourth-order valence-corrected chi connectivity index (χ4v) is 2.15. The zero-order valence-corrected chi connectivity index (χ0v) is 14.6. The van der Waals surface area contributed by atoms with Crippen LogP contribution in [0.2, 0.25) is 0 Å². The first-order chi connectivity index (χ1) is 13.0. The average molecular weight is 377 g/mol. The number of carboxylic acid groups (broad SMARTS) is 1. The Morgan fingerprint density at radius 1 is 1.26 bits per heavy atom. The predicted octanol–water partition coefficient (Wildman–Crippen LogP) is 0.158. The van der Waals surface area contributed by atoms with Gasteiger partial charge in [-0.2, -0.15) is 0 Å². The van der Waals surface area contributed by atoms with Gasteiger partial charge in [-0.25, -0.2) is 14.3 Å². The van der Waals surface area contributed by atoms with Gasteiger partial charge >= 0.3 is 18.0 Å². The lowest BCUT2D eigenvalue weighted by Gasteiger charge is -2.14. The van der Waals surface area contributed by atoms with Gasteiger partial charge in [0.2, 0.25) is 0 Å². The molecule has 0 fully saturated rings. The molecular weight excluding hydrogens is 358 g/mol. The van der Waals surface area contributed by atoms with Crippen LogP contribution in [0.15, 0.2) is 30.3 Å². The monoisotopic (exact) mass is 377 g/mol. The van der Waals surface area contributed by atoms with Crippen molar-refractivity contribution < 1.29 is 29.0 Å². The van der Waals surface area contributed by atoms with E-state index < -0.39 is 24.1 Å². The molecule has 27 heavy (non-hydrogen) atoms. The number of alkyl carbamates (subject to hydrolysis) is 1. The summed E-state index contributed by atoms with van der Waals surface area (Å²) in [5.41, 5.74) is 0.779. The van der Waals surface area contributed by atoms with Crippen molar-refractivity contribution in [1.82, 2.24) is 25.5 Å². The number of ether oxygens (including phenoxy) is 2. The van der Waals surface area contributed by atoms with E-state index in [-0.39, 0.29) is 26.0 Å². The lowest BCUT2D eigenvalue weighted by atomic mass is 10.1. The summed E-state index contributed by atoms with van der Waals surface area (Å²) in [7, 11) is 1.23. The third-order valence-corrected chi connectivity index (χ3v) is 3.57. The van der Waals surface area contributed by atoms with Crippen LogP contribution in [-0.2, 0) is 38.6 Å². The number of nitrogens with zero attached hydrogens (tertiary/aromatic N) is 4. The van der Waals surface area contributed by atoms with Crippen LogP contribution in [0, 0.1) is 0 Å². The number of nitrogens with one attached hydrogen (secondary N) is 1. The fraction of sp³-hybridized carbons (Fsp3) is 0.375. The van der Waals surface area contributed by atoms with Crippen molar-refractivity contribution >= 4 is 18.0 Å². The zero-order chi connectivity index (χ0) is 19.6. The Morgan fingerprint density at radius 3 is 2.67 bits per heavy atom. The van der Waals surface area contributed by atoms with E-state index in [2.05, 4.69) is 25.6 Å². The topological polar surface area (TPSA) is 146 Å². The maximum Gasteiger partial charge on any atom is 0.408 e. The van der Waals surface area contributed by atoms with Crippen LogP contribution in [0.4, 0.5) is 4.79 Å². The summed E-state index contributed by atoms with van der Waals surface area (Å²) < 4.78 is 10.8. The normalized spacial score (nSPS) is 11.4. The zero-order valence-electron chi connectivity index (χ0n) is 14.6. The van der Waals surface area contributed by atoms with Gasteiger partial charge < -0.3 is 19.9 Å². The number of tetrazole rings is 1. The number of hydrogen-bond donors (Lipinski definition) is 2. The summed E-state index contributed by atoms with van der Waals surface area (Å²) in [6.45, 7) is -0.167. The number of amides is 1. The molecule has 0 aliphatic rings. The van der Waals surface area contributed by atoms with Gasteiger partial charge in [-0.1, -0.05) is 30.3 Å². The van der Waals surface area contributed by atoms with Crippen molar-refractivity contribution in [3.63, 3.8) is 0 Å². The Morgan fingerprint density at radius 2 is 2.00 bits per heavy atom. The van der Waals surface area contributed by atoms with Gasteiger partial charge in [0, 0.05) is 6.42 Å². The minimum atomic E-state index is -1.22. The maximum atomic E-state index is 11.8. The van der Waals surface area contributed by atoms with Crippen LogP contribution in [0.3, 0.4) is 0 Å². The lowest BCUT2D eigenvalue weighted by Crippen LogP contribution is -2.41. The first-order valence-corrected chi connectivity index (χ1v) is 8.01. The third-order valence-electron chi connectivity index (χ3n) is 3.57. The number of methoxy groups -OCH3 is 1. The second kappa shape index (κ2) is 9.85. The number of hydrogen-bond acceptors (Lipinski definition) is 8. The van der Waals surface area contributed by atoms with Crippen LogP contribution >= 0.6 is 0 Å². The quantitative estimate of drug-likeness (QED) is 0.583. The van der Waals surface area contributed by atoms with Crippen LogP contribution in [0.1, 0.15) is 17.8 Å². The van der Waals surface area contributed by atoms with E-state index in [4.69, 9.17) is 4.74 Å². The molecule has 2 aromatic rings. The second-order valence-electron chi connectivity index (χ2n) is 5.46. The minimum Gasteiger partial charge on any atom is -0.480 e. The highest BCUT2D eigenvalue weighted by molar-refractivity contribution is 5.79. The highest BCUT2D eigenvalue weighted by Gasteiger charge is 2.22. The highest BCUT2D eigenvalue weighted by Crippen LogP contribution is 2.05. The molecule has 0 aliphatic heterocycles. The van der Waals surface area contributed by atoms with Crippen molar-refractivity contribution in [3.05, 3.63) is 41.7 Å². The van der Waals surface area contributed by atoms with Gasteiger partial charge in [0.15, 0.2) is 5.82 Å². The number of aryl methyl sites for hydroxylation is 1. The van der Waals surface area contributed by atoms with Gasteiger partial charge in [0.1, 0.15) is 19.2 Å². The number of esters is 1. The highest BCUT2D eigenvalue weighted by atomic mass is 16.5. The standard InChI is InChI=1S/C16H19N5O6/c1-26-14(22)9-21-13(18-19-20-21)8-7-12(15(23)24)17-16(25)27-10-11-5-3-2-4-6-11/h2-6,12H,7-10H2,1H3,(H,17,25)(H,23,24)/t12-/m0/s1. The van der Waals surface area contributed by atoms with Crippen molar-refractivity contribution in [2.75, 3.05) is 7.11 Å². The van der Waals surface area contributed by atoms with E-state index in [1.165, 1.54) is 11.8 Å². The van der Waals surface area contributed by atoms with E-state index in [9.17, 15) is 19.5 Å². The van der Waals surface area contributed by atoms with E-state index >= 15 is 0 Å². The molecule has 1 atom stereocenters. The van der Waals surface area contributed by atoms with E-state index in [0.717, 1.165) is 5.56 Å². The molecule has 0 bridgehead atoms. The van der Waals surface area contributed by atoms with Gasteiger partial charge in [0.25, 0.3) is 0 Å². The summed E-state index contributed by atoms with van der Waals surface area (Å²) in [5.74, 6) is -1.47. The summed E-state index contributed by atoms with van der Waals surface area (Å²) in [6, 6.07) is 7.80. The van der Waals surface area contributed by atoms with Gasteiger partial charge in [0.05, 0.1) is 7.11 Å². The maximum absolute atomic E-state index is 11.8. The molecule has 2 N–H and O–H groups in total. The number of carboxylic acids is 1. The minimum absolute atomic E-state index is 0.0112. The van der Waals surface area contributed by atoms with Crippen LogP contribution in [0.5, 0.6) is 0 Å². The summed E-state index contributed by atoms with van der Waals surface area (Å²) in [6.07, 6.45) is -0.711. The van der Waals surface area contributed by atoms with Crippen LogP contribution in [-0.4, -0.2) is 56.5 Å². The molecule has 0 radical (unpaired) electrons. The van der Waals surface area contributed by atoms with Crippen molar-refractivity contribution in [2.24, 2.45) is 0 Å². The number of rotatable bonds is 9. The third kappa shape index (κ3) is 6.38. The summed E-state index contributed by atoms with van der Waals surface area (Å²) in [5, 5.41) is 22.4. The van der Waals surface area contributed by atoms with Crippen LogP contribution in [0.25, 0.3) is 0 Å². The van der Waals surface area contributed by atoms with Crippen molar-refractivity contribution in [2.45, 2.75) is 32.0 Å². The second-order valence-corrected chi connectivity index (χ2v) is 5.46. The molecule has 11 heteroatoms. The summed E-state index contributed by atoms with van der Waals surface area (Å²) >= 11 is 0. The van der Waals surface area contributed by atoms with Gasteiger partial charge in [-0.05, 0) is 22.4 Å². The molecule has 0 spiro atoms. The molecule has 1 aromatic heterocycles. The van der Waals surface area contributed by atoms with E-state index in [1.54, 1.807) is 24.3 Å². The largest absolute Gasteiger partial charge is 0.480 e. The molecule has 0 saturated heterocycles. The molecule has 0 saturated carbocycles. The first-order valence-electron chi connectivity index (χ1n) is 8.01. The number of benzene rings is 1. The molecule has 1 heterocycles. The molecule has 11 nitrogen and oxygen atoms in total. The Labute approximate surface area is 154 Å². The average Bonchev–Trinajstić information content (AvgIpc) is 3.10. The molecule has 0 unspecified atom stereocenters. The first kappa shape index (κ1) is 19.8. The SMILES string of the molecule is COC(=O)Cn1nnnc1CC[C@H](NC(=O)OCc1ccccc1)C(=O)O. The number of aliphatic carboxylic acids is 1. The Hall–Kier alpha value is -3.50. The molecule has 2 rings (SSSR count). The number of aromatic nitrogens is 4. The molecule has 0 aliphatic carbocycles. The van der Waals surface area contributed by atoms with Gasteiger partial charge in [-0.15, -0.1) is 5.10 Å². The molecule has 144 valence electrons. The fourth-order valence-electron chi connectivity index (χ4n) is 2.15. The van der Waals surface area contributed by atoms with E-state index in [0.29, 0.717) is 5.82 Å². The molecule has 1 amide bonds. The number of carbonyl (C=O) groups excluding carboxylic acids is 2. The van der Waals surface area contributed by atoms with Crippen LogP contribution < -0.4 is 5.32 Å². The molecule has 1 aromatic carbocycles. The molecular formula is C16H19N5O6. The lowest BCUT2D eigenvalue weighted by molar-refractivity contribution is -0.142. The van der Waals surface area contributed by atoms with Crippen molar-refractivity contribution in [3.8, 4) is 0 Å². The van der Waals surface area contributed by atoms with Gasteiger partial charge in [-0.3, -0.25) is 4.79 Å². The smallest absolute Gasteiger partial charge is 0.408 e. The van der Waals surface area contributed by atoms with E-state index in [1.807, 2.05) is 6.07 Å². The Balaban J connectivity index is 1.86. The Kier molecular flexibility index (Phi) is 7.23. The van der Waals surface area contributed by atoms with Crippen molar-refractivity contribution in [1.29, 1.82) is 0 Å².